The molecule has 1 amide bonds. The molecule has 1 aromatic carbocycles. The third kappa shape index (κ3) is 2.20. The van der Waals surface area contributed by atoms with Gasteiger partial charge in [-0.2, -0.15) is 0 Å². The minimum Gasteiger partial charge on any atom is -0.350 e. The molecular weight excluding hydrogens is 250 g/mol. The summed E-state index contributed by atoms with van der Waals surface area (Å²) in [5, 5.41) is 0. The molecule has 0 aliphatic carbocycles. The number of carbonyl (C=O) groups excluding carboxylic acids is 1. The summed E-state index contributed by atoms with van der Waals surface area (Å²) < 4.78 is 0. The molecule has 4 heteroatoms. The Morgan fingerprint density at radius 2 is 2.00 bits per heavy atom. The van der Waals surface area contributed by atoms with Crippen LogP contribution in [-0.4, -0.2) is 17.5 Å². The largest absolute Gasteiger partial charge is 0.350 e. The number of hydrogen-bond acceptors (Lipinski definition) is 3. The molecule has 108 valence electrons. The highest BCUT2D eigenvalue weighted by atomic mass is 16.2. The normalized spacial score (nSPS) is 18.1. The first-order chi connectivity index (χ1) is 9.29. The number of fused-ring (bicyclic) bond motifs is 1. The molecule has 0 saturated carbocycles. The summed E-state index contributed by atoms with van der Waals surface area (Å²) in [6.45, 7) is 10.3. The van der Waals surface area contributed by atoms with Gasteiger partial charge in [-0.05, 0) is 45.8 Å². The molecule has 4 nitrogen and oxygen atoms in total. The number of allylic oxidation sites excluding steroid dienone is 1. The van der Waals surface area contributed by atoms with Crippen LogP contribution in [-0.2, 0) is 4.79 Å². The van der Waals surface area contributed by atoms with E-state index in [0.29, 0.717) is 0 Å². The van der Waals surface area contributed by atoms with Crippen LogP contribution in [0, 0.1) is 6.92 Å². The van der Waals surface area contributed by atoms with Gasteiger partial charge < -0.3 is 4.90 Å². The second-order valence-corrected chi connectivity index (χ2v) is 6.01. The third-order valence-corrected chi connectivity index (χ3v) is 4.00. The number of nitrogens with one attached hydrogen (secondary N) is 1. The van der Waals surface area contributed by atoms with Gasteiger partial charge in [-0.1, -0.05) is 24.3 Å². The number of rotatable bonds is 2. The lowest BCUT2D eigenvalue weighted by Crippen LogP contribution is -2.56. The van der Waals surface area contributed by atoms with Crippen LogP contribution in [0.1, 0.15) is 38.8 Å². The molecule has 0 saturated heterocycles. The molecule has 1 aliphatic rings. The van der Waals surface area contributed by atoms with Crippen LogP contribution >= 0.6 is 0 Å². The standard InChI is InChI=1S/C16H23N3O/c1-10-7-6-8-13-11(2)9-16(4,5)19(14(10)13)12(3)15(20)18-17/h6-9,12H,17H2,1-5H3,(H,18,20)/t12-/m1/s1. The van der Waals surface area contributed by atoms with E-state index in [1.165, 1.54) is 16.7 Å². The highest BCUT2D eigenvalue weighted by Gasteiger charge is 2.37. The zero-order valence-corrected chi connectivity index (χ0v) is 12.8. The molecule has 0 spiro atoms. The van der Waals surface area contributed by atoms with Crippen LogP contribution in [0.2, 0.25) is 0 Å². The number of hydrogen-bond donors (Lipinski definition) is 2. The van der Waals surface area contributed by atoms with Crippen molar-refractivity contribution in [2.75, 3.05) is 4.90 Å². The van der Waals surface area contributed by atoms with Gasteiger partial charge >= 0.3 is 0 Å². The first kappa shape index (κ1) is 14.6. The summed E-state index contributed by atoms with van der Waals surface area (Å²) >= 11 is 0. The Morgan fingerprint density at radius 1 is 1.35 bits per heavy atom. The number of para-hydroxylation sites is 1. The molecule has 1 heterocycles. The van der Waals surface area contributed by atoms with Crippen molar-refractivity contribution in [1.29, 1.82) is 0 Å². The monoisotopic (exact) mass is 273 g/mol. The van der Waals surface area contributed by atoms with Crippen molar-refractivity contribution in [3.8, 4) is 0 Å². The van der Waals surface area contributed by atoms with Gasteiger partial charge in [-0.15, -0.1) is 0 Å². The lowest BCUT2D eigenvalue weighted by atomic mass is 9.86. The number of nitrogens with two attached hydrogens (primary N) is 1. The summed E-state index contributed by atoms with van der Waals surface area (Å²) in [6.07, 6.45) is 2.20. The van der Waals surface area contributed by atoms with Crippen molar-refractivity contribution < 1.29 is 4.79 Å². The lowest BCUT2D eigenvalue weighted by molar-refractivity contribution is -0.122. The second-order valence-electron chi connectivity index (χ2n) is 6.01. The van der Waals surface area contributed by atoms with E-state index < -0.39 is 0 Å². The Kier molecular flexibility index (Phi) is 3.61. The molecule has 0 fully saturated rings. The first-order valence-electron chi connectivity index (χ1n) is 6.89. The molecule has 0 bridgehead atoms. The van der Waals surface area contributed by atoms with E-state index in [4.69, 9.17) is 5.84 Å². The Balaban J connectivity index is 2.65. The number of carbonyl (C=O) groups is 1. The van der Waals surface area contributed by atoms with E-state index in [2.05, 4.69) is 62.3 Å². The van der Waals surface area contributed by atoms with Crippen LogP contribution in [0.15, 0.2) is 24.3 Å². The molecular formula is C16H23N3O. The van der Waals surface area contributed by atoms with E-state index >= 15 is 0 Å². The number of amides is 1. The van der Waals surface area contributed by atoms with E-state index in [0.717, 1.165) is 5.69 Å². The van der Waals surface area contributed by atoms with Gasteiger partial charge in [0.25, 0.3) is 5.91 Å². The predicted octanol–water partition coefficient (Wildman–Crippen LogP) is 2.38. The van der Waals surface area contributed by atoms with Crippen molar-refractivity contribution in [2.45, 2.75) is 46.2 Å². The van der Waals surface area contributed by atoms with Gasteiger partial charge in [0.1, 0.15) is 6.04 Å². The topological polar surface area (TPSA) is 58.4 Å². The van der Waals surface area contributed by atoms with Gasteiger partial charge in [-0.3, -0.25) is 10.2 Å². The summed E-state index contributed by atoms with van der Waals surface area (Å²) in [6, 6.07) is 5.89. The van der Waals surface area contributed by atoms with Gasteiger partial charge in [-0.25, -0.2) is 5.84 Å². The van der Waals surface area contributed by atoms with Gasteiger partial charge in [0.15, 0.2) is 0 Å². The van der Waals surface area contributed by atoms with Crippen LogP contribution < -0.4 is 16.2 Å². The van der Waals surface area contributed by atoms with Crippen LogP contribution in [0.3, 0.4) is 0 Å². The van der Waals surface area contributed by atoms with E-state index in [-0.39, 0.29) is 17.5 Å². The Bertz CT molecular complexity index is 575. The lowest BCUT2D eigenvalue weighted by Gasteiger charge is -2.46. The minimum atomic E-state index is -0.334. The van der Waals surface area contributed by atoms with Crippen molar-refractivity contribution in [3.63, 3.8) is 0 Å². The Morgan fingerprint density at radius 3 is 2.60 bits per heavy atom. The Labute approximate surface area is 120 Å². The molecule has 0 aromatic heterocycles. The summed E-state index contributed by atoms with van der Waals surface area (Å²) in [5.41, 5.74) is 6.73. The van der Waals surface area contributed by atoms with Crippen molar-refractivity contribution >= 4 is 17.2 Å². The van der Waals surface area contributed by atoms with E-state index in [9.17, 15) is 4.79 Å². The maximum atomic E-state index is 12.0. The smallest absolute Gasteiger partial charge is 0.256 e. The maximum absolute atomic E-state index is 12.0. The molecule has 2 rings (SSSR count). The van der Waals surface area contributed by atoms with Crippen molar-refractivity contribution in [3.05, 3.63) is 35.4 Å². The molecule has 0 radical (unpaired) electrons. The van der Waals surface area contributed by atoms with E-state index in [1.807, 2.05) is 6.92 Å². The number of nitrogens with zero attached hydrogens (tertiary/aromatic N) is 1. The molecule has 20 heavy (non-hydrogen) atoms. The quantitative estimate of drug-likeness (QED) is 0.494. The van der Waals surface area contributed by atoms with Gasteiger partial charge in [0.05, 0.1) is 5.54 Å². The number of hydrazine groups is 1. The molecule has 1 aliphatic heterocycles. The summed E-state index contributed by atoms with van der Waals surface area (Å²) in [5.74, 6) is 5.13. The summed E-state index contributed by atoms with van der Waals surface area (Å²) in [7, 11) is 0. The van der Waals surface area contributed by atoms with E-state index in [1.54, 1.807) is 0 Å². The van der Waals surface area contributed by atoms with Gasteiger partial charge in [0.2, 0.25) is 0 Å². The highest BCUT2D eigenvalue weighted by Crippen LogP contribution is 2.41. The first-order valence-corrected chi connectivity index (χ1v) is 6.89. The second kappa shape index (κ2) is 4.94. The van der Waals surface area contributed by atoms with Crippen LogP contribution in [0.5, 0.6) is 0 Å². The van der Waals surface area contributed by atoms with Gasteiger partial charge in [0, 0.05) is 11.3 Å². The average Bonchev–Trinajstić information content (AvgIpc) is 2.37. The molecule has 1 aromatic rings. The third-order valence-electron chi connectivity index (χ3n) is 4.00. The fraction of sp³-hybridized carbons (Fsp3) is 0.438. The average molecular weight is 273 g/mol. The minimum absolute atomic E-state index is 0.180. The number of benzene rings is 1. The van der Waals surface area contributed by atoms with Crippen molar-refractivity contribution in [1.82, 2.24) is 5.43 Å². The SMILES string of the molecule is CC1=CC(C)(C)N([C@H](C)C(=O)NN)c2c(C)cccc21. The van der Waals surface area contributed by atoms with Crippen LogP contribution in [0.25, 0.3) is 5.57 Å². The van der Waals surface area contributed by atoms with Crippen LogP contribution in [0.4, 0.5) is 5.69 Å². The molecule has 0 unspecified atom stereocenters. The molecule has 1 atom stereocenters. The molecule has 3 N–H and O–H groups in total. The number of anilines is 1. The number of aryl methyl sites for hydroxylation is 1. The predicted molar refractivity (Wildman–Crippen MR) is 83.2 cm³/mol. The fourth-order valence-corrected chi connectivity index (χ4v) is 3.19. The fourth-order valence-electron chi connectivity index (χ4n) is 3.19. The maximum Gasteiger partial charge on any atom is 0.256 e. The van der Waals surface area contributed by atoms with Crippen molar-refractivity contribution in [2.24, 2.45) is 5.84 Å². The zero-order chi connectivity index (χ0) is 15.1. The summed E-state index contributed by atoms with van der Waals surface area (Å²) in [4.78, 5) is 14.1. The zero-order valence-electron chi connectivity index (χ0n) is 12.8. The highest BCUT2D eigenvalue weighted by molar-refractivity contribution is 5.90. The Hall–Kier alpha value is -1.81.